The van der Waals surface area contributed by atoms with Crippen molar-refractivity contribution in [1.82, 2.24) is 9.62 Å². The van der Waals surface area contributed by atoms with Gasteiger partial charge in [0.15, 0.2) is 0 Å². The Balaban J connectivity index is 2.11. The number of fused-ring (bicyclic) bond motifs is 1. The molecule has 0 radical (unpaired) electrons. The Morgan fingerprint density at radius 2 is 1.92 bits per heavy atom. The quantitative estimate of drug-likeness (QED) is 0.769. The SMILES string of the molecule is CCCCS(=O)(=O)N[C@@H](CC(C)C)C(=O)N1CCc2ccccc2C1. The second-order valence-electron chi connectivity index (χ2n) is 7.25. The van der Waals surface area contributed by atoms with Gasteiger partial charge in [0.25, 0.3) is 0 Å². The fourth-order valence-electron chi connectivity index (χ4n) is 3.18. The lowest BCUT2D eigenvalue weighted by Crippen LogP contribution is -2.50. The van der Waals surface area contributed by atoms with Crippen molar-refractivity contribution in [3.8, 4) is 0 Å². The molecule has 0 aromatic heterocycles. The second-order valence-corrected chi connectivity index (χ2v) is 9.12. The Morgan fingerprint density at radius 3 is 2.56 bits per heavy atom. The number of nitrogens with zero attached hydrogens (tertiary/aromatic N) is 1. The molecule has 0 spiro atoms. The van der Waals surface area contributed by atoms with Crippen molar-refractivity contribution in [3.63, 3.8) is 0 Å². The van der Waals surface area contributed by atoms with Gasteiger partial charge in [0.2, 0.25) is 15.9 Å². The molecule has 1 aromatic carbocycles. The summed E-state index contributed by atoms with van der Waals surface area (Å²) in [4.78, 5) is 14.8. The van der Waals surface area contributed by atoms with E-state index in [0.717, 1.165) is 18.4 Å². The normalized spacial score (nSPS) is 15.9. The molecule has 1 aliphatic rings. The number of carbonyl (C=O) groups excluding carboxylic acids is 1. The van der Waals surface area contributed by atoms with Crippen LogP contribution in [0.5, 0.6) is 0 Å². The Morgan fingerprint density at radius 1 is 1.24 bits per heavy atom. The molecule has 1 aliphatic heterocycles. The van der Waals surface area contributed by atoms with Gasteiger partial charge in [-0.2, -0.15) is 0 Å². The van der Waals surface area contributed by atoms with Crippen molar-refractivity contribution in [1.29, 1.82) is 0 Å². The topological polar surface area (TPSA) is 66.5 Å². The number of hydrogen-bond donors (Lipinski definition) is 1. The maximum absolute atomic E-state index is 13.0. The van der Waals surface area contributed by atoms with Gasteiger partial charge in [-0.05, 0) is 36.3 Å². The number of unbranched alkanes of at least 4 members (excludes halogenated alkanes) is 1. The molecule has 2 rings (SSSR count). The lowest BCUT2D eigenvalue weighted by atomic mass is 9.98. The van der Waals surface area contributed by atoms with E-state index in [-0.39, 0.29) is 17.6 Å². The Kier molecular flexibility index (Phi) is 7.02. The van der Waals surface area contributed by atoms with Crippen LogP contribution in [-0.2, 0) is 27.8 Å². The lowest BCUT2D eigenvalue weighted by molar-refractivity contribution is -0.134. The monoisotopic (exact) mass is 366 g/mol. The van der Waals surface area contributed by atoms with Crippen molar-refractivity contribution in [2.24, 2.45) is 5.92 Å². The van der Waals surface area contributed by atoms with Crippen LogP contribution in [0.25, 0.3) is 0 Å². The molecule has 1 amide bonds. The van der Waals surface area contributed by atoms with Gasteiger partial charge in [0, 0.05) is 13.1 Å². The van der Waals surface area contributed by atoms with Crippen molar-refractivity contribution in [3.05, 3.63) is 35.4 Å². The summed E-state index contributed by atoms with van der Waals surface area (Å²) in [5.74, 6) is 0.206. The van der Waals surface area contributed by atoms with E-state index in [2.05, 4.69) is 10.8 Å². The molecule has 25 heavy (non-hydrogen) atoms. The van der Waals surface area contributed by atoms with Crippen LogP contribution in [0.1, 0.15) is 51.2 Å². The van der Waals surface area contributed by atoms with E-state index in [0.29, 0.717) is 25.9 Å². The van der Waals surface area contributed by atoms with Gasteiger partial charge in [-0.1, -0.05) is 51.5 Å². The zero-order chi connectivity index (χ0) is 18.4. The standard InChI is InChI=1S/C19H30N2O3S/c1-4-5-12-25(23,24)20-18(13-15(2)3)19(22)21-11-10-16-8-6-7-9-17(16)14-21/h6-9,15,18,20H,4-5,10-14H2,1-3H3/t18-/m0/s1. The van der Waals surface area contributed by atoms with Gasteiger partial charge < -0.3 is 4.90 Å². The molecule has 140 valence electrons. The Hall–Kier alpha value is -1.40. The molecular weight excluding hydrogens is 336 g/mol. The highest BCUT2D eigenvalue weighted by molar-refractivity contribution is 7.89. The molecule has 1 N–H and O–H groups in total. The molecule has 0 aliphatic carbocycles. The number of carbonyl (C=O) groups is 1. The zero-order valence-electron chi connectivity index (χ0n) is 15.5. The molecule has 0 unspecified atom stereocenters. The summed E-state index contributed by atoms with van der Waals surface area (Å²) in [7, 11) is -3.43. The van der Waals surface area contributed by atoms with Crippen molar-refractivity contribution in [2.45, 2.75) is 59.0 Å². The highest BCUT2D eigenvalue weighted by atomic mass is 32.2. The summed E-state index contributed by atoms with van der Waals surface area (Å²) in [5, 5.41) is 0. The third-order valence-corrected chi connectivity index (χ3v) is 6.01. The van der Waals surface area contributed by atoms with Gasteiger partial charge >= 0.3 is 0 Å². The summed E-state index contributed by atoms with van der Waals surface area (Å²) in [6.45, 7) is 7.16. The smallest absolute Gasteiger partial charge is 0.241 e. The average Bonchev–Trinajstić information content (AvgIpc) is 2.57. The molecule has 6 heteroatoms. The zero-order valence-corrected chi connectivity index (χ0v) is 16.3. The molecule has 1 heterocycles. The molecule has 0 bridgehead atoms. The summed E-state index contributed by atoms with van der Waals surface area (Å²) in [6.07, 6.45) is 2.75. The highest BCUT2D eigenvalue weighted by Crippen LogP contribution is 2.20. The molecular formula is C19H30N2O3S. The van der Waals surface area contributed by atoms with Crippen molar-refractivity contribution < 1.29 is 13.2 Å². The second kappa shape index (κ2) is 8.81. The van der Waals surface area contributed by atoms with E-state index < -0.39 is 16.1 Å². The summed E-state index contributed by atoms with van der Waals surface area (Å²) >= 11 is 0. The maximum Gasteiger partial charge on any atom is 0.241 e. The predicted octanol–water partition coefficient (Wildman–Crippen LogP) is 2.71. The first-order valence-corrected chi connectivity index (χ1v) is 10.8. The molecule has 0 fully saturated rings. The molecule has 0 saturated heterocycles. The van der Waals surface area contributed by atoms with Crippen LogP contribution in [-0.4, -0.2) is 37.6 Å². The fraction of sp³-hybridized carbons (Fsp3) is 0.632. The summed E-state index contributed by atoms with van der Waals surface area (Å²) < 4.78 is 27.2. The minimum absolute atomic E-state index is 0.0776. The number of rotatable bonds is 8. The highest BCUT2D eigenvalue weighted by Gasteiger charge is 2.30. The van der Waals surface area contributed by atoms with Crippen molar-refractivity contribution in [2.75, 3.05) is 12.3 Å². The van der Waals surface area contributed by atoms with Gasteiger partial charge in [0.1, 0.15) is 6.04 Å². The molecule has 1 atom stereocenters. The van der Waals surface area contributed by atoms with Crippen LogP contribution in [0.4, 0.5) is 0 Å². The first-order valence-electron chi connectivity index (χ1n) is 9.18. The van der Waals surface area contributed by atoms with E-state index >= 15 is 0 Å². The third kappa shape index (κ3) is 5.82. The van der Waals surface area contributed by atoms with Gasteiger partial charge in [0.05, 0.1) is 5.75 Å². The minimum Gasteiger partial charge on any atom is -0.337 e. The van der Waals surface area contributed by atoms with Crippen LogP contribution < -0.4 is 4.72 Å². The lowest BCUT2D eigenvalue weighted by Gasteiger charge is -2.32. The number of benzene rings is 1. The first-order chi connectivity index (χ1) is 11.8. The number of amides is 1. The van der Waals surface area contributed by atoms with Crippen LogP contribution in [0, 0.1) is 5.92 Å². The fourth-order valence-corrected chi connectivity index (χ4v) is 4.60. The molecule has 1 aromatic rings. The van der Waals surface area contributed by atoms with Gasteiger partial charge in [-0.15, -0.1) is 0 Å². The first kappa shape index (κ1) is 19.9. The Bertz CT molecular complexity index is 686. The van der Waals surface area contributed by atoms with E-state index in [1.165, 1.54) is 5.56 Å². The van der Waals surface area contributed by atoms with E-state index in [1.807, 2.05) is 39.0 Å². The number of nitrogens with one attached hydrogen (secondary N) is 1. The molecule has 0 saturated carbocycles. The average molecular weight is 367 g/mol. The number of hydrogen-bond acceptors (Lipinski definition) is 3. The van der Waals surface area contributed by atoms with Gasteiger partial charge in [-0.3, -0.25) is 4.79 Å². The predicted molar refractivity (Wildman–Crippen MR) is 101 cm³/mol. The van der Waals surface area contributed by atoms with E-state index in [1.54, 1.807) is 4.90 Å². The largest absolute Gasteiger partial charge is 0.337 e. The van der Waals surface area contributed by atoms with Crippen LogP contribution in [0.3, 0.4) is 0 Å². The van der Waals surface area contributed by atoms with Crippen molar-refractivity contribution >= 4 is 15.9 Å². The van der Waals surface area contributed by atoms with Crippen LogP contribution >= 0.6 is 0 Å². The molecule has 5 nitrogen and oxygen atoms in total. The van der Waals surface area contributed by atoms with E-state index in [4.69, 9.17) is 0 Å². The third-order valence-electron chi connectivity index (χ3n) is 4.54. The number of sulfonamides is 1. The van der Waals surface area contributed by atoms with Crippen LogP contribution in [0.2, 0.25) is 0 Å². The Labute approximate surface area is 151 Å². The minimum atomic E-state index is -3.43. The summed E-state index contributed by atoms with van der Waals surface area (Å²) in [5.41, 5.74) is 2.43. The summed E-state index contributed by atoms with van der Waals surface area (Å²) in [6, 6.07) is 7.45. The van der Waals surface area contributed by atoms with Gasteiger partial charge in [-0.25, -0.2) is 13.1 Å². The maximum atomic E-state index is 13.0. The van der Waals surface area contributed by atoms with Crippen LogP contribution in [0.15, 0.2) is 24.3 Å². The van der Waals surface area contributed by atoms with E-state index in [9.17, 15) is 13.2 Å².